The Kier molecular flexibility index (Phi) is 4.39. The predicted molar refractivity (Wildman–Crippen MR) is 81.8 cm³/mol. The van der Waals surface area contributed by atoms with Crippen molar-refractivity contribution in [3.05, 3.63) is 35.9 Å². The molecule has 2 fully saturated rings. The number of rotatable bonds is 4. The van der Waals surface area contributed by atoms with Gasteiger partial charge in [0.2, 0.25) is 0 Å². The van der Waals surface area contributed by atoms with Crippen LogP contribution in [0.1, 0.15) is 31.4 Å². The Morgan fingerprint density at radius 2 is 2.05 bits per heavy atom. The van der Waals surface area contributed by atoms with E-state index in [0.717, 1.165) is 12.6 Å². The van der Waals surface area contributed by atoms with Crippen LogP contribution < -0.4 is 0 Å². The molecule has 0 saturated carbocycles. The van der Waals surface area contributed by atoms with E-state index in [9.17, 15) is 0 Å². The standard InChI is InChI=1S/C17H26N2O/c1-14(13-20-2)19-11-16-9-6-10-18(16)12-17(19)15-7-4-3-5-8-15/h3-5,7-8,14,16-17H,6,9-13H2,1-2H3. The van der Waals surface area contributed by atoms with Gasteiger partial charge in [0, 0.05) is 38.3 Å². The number of methoxy groups -OCH3 is 1. The van der Waals surface area contributed by atoms with Gasteiger partial charge in [0.25, 0.3) is 0 Å². The van der Waals surface area contributed by atoms with Crippen LogP contribution in [0.4, 0.5) is 0 Å². The maximum atomic E-state index is 5.40. The molecule has 2 heterocycles. The van der Waals surface area contributed by atoms with Crippen molar-refractivity contribution in [2.24, 2.45) is 0 Å². The molecule has 1 aromatic rings. The van der Waals surface area contributed by atoms with E-state index in [4.69, 9.17) is 4.74 Å². The van der Waals surface area contributed by atoms with Crippen LogP contribution in [0.25, 0.3) is 0 Å². The Morgan fingerprint density at radius 3 is 2.80 bits per heavy atom. The predicted octanol–water partition coefficient (Wildman–Crippen LogP) is 2.54. The Bertz CT molecular complexity index is 422. The average molecular weight is 274 g/mol. The third-order valence-electron chi connectivity index (χ3n) is 4.89. The van der Waals surface area contributed by atoms with Gasteiger partial charge < -0.3 is 4.74 Å². The molecule has 110 valence electrons. The molecule has 0 radical (unpaired) electrons. The quantitative estimate of drug-likeness (QED) is 0.839. The maximum absolute atomic E-state index is 5.40. The summed E-state index contributed by atoms with van der Waals surface area (Å²) >= 11 is 0. The maximum Gasteiger partial charge on any atom is 0.0615 e. The molecule has 3 rings (SSSR count). The second-order valence-corrected chi connectivity index (χ2v) is 6.22. The molecule has 0 aliphatic carbocycles. The zero-order valence-corrected chi connectivity index (χ0v) is 12.7. The van der Waals surface area contributed by atoms with Crippen LogP contribution in [0.2, 0.25) is 0 Å². The van der Waals surface area contributed by atoms with Gasteiger partial charge in [0.05, 0.1) is 6.61 Å². The monoisotopic (exact) mass is 274 g/mol. The van der Waals surface area contributed by atoms with E-state index in [2.05, 4.69) is 47.1 Å². The first-order chi connectivity index (χ1) is 9.79. The van der Waals surface area contributed by atoms with Gasteiger partial charge in [-0.3, -0.25) is 9.80 Å². The summed E-state index contributed by atoms with van der Waals surface area (Å²) in [5.74, 6) is 0. The van der Waals surface area contributed by atoms with Crippen molar-refractivity contribution in [2.45, 2.75) is 37.9 Å². The summed E-state index contributed by atoms with van der Waals surface area (Å²) in [6.07, 6.45) is 2.72. The van der Waals surface area contributed by atoms with Gasteiger partial charge in [-0.05, 0) is 31.9 Å². The van der Waals surface area contributed by atoms with E-state index in [1.165, 1.54) is 38.0 Å². The fourth-order valence-corrected chi connectivity index (χ4v) is 3.84. The van der Waals surface area contributed by atoms with Gasteiger partial charge in [-0.1, -0.05) is 30.3 Å². The van der Waals surface area contributed by atoms with Gasteiger partial charge in [0.1, 0.15) is 0 Å². The van der Waals surface area contributed by atoms with E-state index in [0.29, 0.717) is 12.1 Å². The zero-order chi connectivity index (χ0) is 13.9. The lowest BCUT2D eigenvalue weighted by atomic mass is 9.98. The van der Waals surface area contributed by atoms with E-state index in [1.807, 2.05) is 0 Å². The van der Waals surface area contributed by atoms with E-state index in [1.54, 1.807) is 7.11 Å². The molecule has 2 saturated heterocycles. The van der Waals surface area contributed by atoms with Gasteiger partial charge in [-0.25, -0.2) is 0 Å². The van der Waals surface area contributed by atoms with Crippen LogP contribution in [0.5, 0.6) is 0 Å². The number of hydrogen-bond donors (Lipinski definition) is 0. The Labute approximate surface area is 122 Å². The van der Waals surface area contributed by atoms with Crippen LogP contribution in [-0.4, -0.2) is 55.2 Å². The van der Waals surface area contributed by atoms with Crippen LogP contribution in [0.3, 0.4) is 0 Å². The summed E-state index contributed by atoms with van der Waals surface area (Å²) in [6, 6.07) is 12.7. The van der Waals surface area contributed by atoms with Gasteiger partial charge in [-0.2, -0.15) is 0 Å². The Balaban J connectivity index is 1.82. The molecule has 2 aliphatic rings. The van der Waals surface area contributed by atoms with Gasteiger partial charge in [0.15, 0.2) is 0 Å². The molecule has 0 bridgehead atoms. The third kappa shape index (κ3) is 2.76. The smallest absolute Gasteiger partial charge is 0.0615 e. The molecule has 1 aromatic carbocycles. The summed E-state index contributed by atoms with van der Waals surface area (Å²) < 4.78 is 5.40. The van der Waals surface area contributed by atoms with Crippen LogP contribution in [-0.2, 0) is 4.74 Å². The molecule has 0 amide bonds. The largest absolute Gasteiger partial charge is 0.383 e. The highest BCUT2D eigenvalue weighted by Gasteiger charge is 2.38. The van der Waals surface area contributed by atoms with Crippen LogP contribution in [0, 0.1) is 0 Å². The minimum atomic E-state index is 0.480. The molecule has 20 heavy (non-hydrogen) atoms. The minimum absolute atomic E-state index is 0.480. The topological polar surface area (TPSA) is 15.7 Å². The SMILES string of the molecule is COCC(C)N1CC2CCCN2CC1c1ccccc1. The first kappa shape index (κ1) is 14.1. The molecule has 2 aliphatic heterocycles. The number of nitrogens with zero attached hydrogens (tertiary/aromatic N) is 2. The van der Waals surface area contributed by atoms with Crippen molar-refractivity contribution in [3.63, 3.8) is 0 Å². The number of benzene rings is 1. The number of fused-ring (bicyclic) bond motifs is 1. The van der Waals surface area contributed by atoms with Crippen molar-refractivity contribution in [3.8, 4) is 0 Å². The van der Waals surface area contributed by atoms with Crippen molar-refractivity contribution in [1.29, 1.82) is 0 Å². The highest BCUT2D eigenvalue weighted by atomic mass is 16.5. The number of piperazine rings is 1. The molecule has 3 atom stereocenters. The lowest BCUT2D eigenvalue weighted by molar-refractivity contribution is -0.00118. The second-order valence-electron chi connectivity index (χ2n) is 6.22. The Morgan fingerprint density at radius 1 is 1.25 bits per heavy atom. The number of hydrogen-bond acceptors (Lipinski definition) is 3. The molecular weight excluding hydrogens is 248 g/mol. The third-order valence-corrected chi connectivity index (χ3v) is 4.89. The molecule has 0 spiro atoms. The molecule has 0 N–H and O–H groups in total. The molecule has 3 unspecified atom stereocenters. The first-order valence-electron chi connectivity index (χ1n) is 7.83. The van der Waals surface area contributed by atoms with E-state index < -0.39 is 0 Å². The average Bonchev–Trinajstić information content (AvgIpc) is 2.94. The lowest BCUT2D eigenvalue weighted by Crippen LogP contribution is -2.55. The highest BCUT2D eigenvalue weighted by Crippen LogP contribution is 2.33. The molecule has 3 heteroatoms. The van der Waals surface area contributed by atoms with Crippen LogP contribution in [0.15, 0.2) is 30.3 Å². The summed E-state index contributed by atoms with van der Waals surface area (Å²) in [4.78, 5) is 5.35. The fraction of sp³-hybridized carbons (Fsp3) is 0.647. The summed E-state index contributed by atoms with van der Waals surface area (Å²) in [5, 5.41) is 0. The minimum Gasteiger partial charge on any atom is -0.383 e. The van der Waals surface area contributed by atoms with Crippen molar-refractivity contribution < 1.29 is 4.74 Å². The van der Waals surface area contributed by atoms with Gasteiger partial charge >= 0.3 is 0 Å². The fourth-order valence-electron chi connectivity index (χ4n) is 3.84. The van der Waals surface area contributed by atoms with Crippen molar-refractivity contribution in [2.75, 3.05) is 33.4 Å². The van der Waals surface area contributed by atoms with Crippen molar-refractivity contribution in [1.82, 2.24) is 9.80 Å². The molecule has 0 aromatic heterocycles. The summed E-state index contributed by atoms with van der Waals surface area (Å²) in [6.45, 7) is 6.74. The zero-order valence-electron chi connectivity index (χ0n) is 12.7. The molecule has 3 nitrogen and oxygen atoms in total. The normalized spacial score (nSPS) is 29.3. The first-order valence-corrected chi connectivity index (χ1v) is 7.83. The second kappa shape index (κ2) is 6.25. The lowest BCUT2D eigenvalue weighted by Gasteiger charge is -2.46. The van der Waals surface area contributed by atoms with Gasteiger partial charge in [-0.15, -0.1) is 0 Å². The molecular formula is C17H26N2O. The van der Waals surface area contributed by atoms with Crippen molar-refractivity contribution >= 4 is 0 Å². The Hall–Kier alpha value is -0.900. The summed E-state index contributed by atoms with van der Waals surface area (Å²) in [7, 11) is 1.81. The summed E-state index contributed by atoms with van der Waals surface area (Å²) in [5.41, 5.74) is 1.45. The van der Waals surface area contributed by atoms with E-state index >= 15 is 0 Å². The van der Waals surface area contributed by atoms with Crippen LogP contribution >= 0.6 is 0 Å². The number of ether oxygens (including phenoxy) is 1. The van der Waals surface area contributed by atoms with E-state index in [-0.39, 0.29) is 0 Å². The highest BCUT2D eigenvalue weighted by molar-refractivity contribution is 5.21.